The van der Waals surface area contributed by atoms with E-state index in [1.807, 2.05) is 18.2 Å². The molecular formula is C36H29O2P. The lowest BCUT2D eigenvalue weighted by Gasteiger charge is -2.23. The number of hydrogen-bond donors (Lipinski definition) is 0. The van der Waals surface area contributed by atoms with Crippen LogP contribution in [0.25, 0.3) is 43.8 Å². The van der Waals surface area contributed by atoms with Crippen molar-refractivity contribution in [2.24, 2.45) is 0 Å². The zero-order valence-corrected chi connectivity index (χ0v) is 23.0. The van der Waals surface area contributed by atoms with Crippen LogP contribution in [0.1, 0.15) is 11.1 Å². The predicted octanol–water partition coefficient (Wildman–Crippen LogP) is 9.17. The fourth-order valence-corrected chi connectivity index (χ4v) is 8.83. The average molecular weight is 525 g/mol. The molecule has 190 valence electrons. The summed E-state index contributed by atoms with van der Waals surface area (Å²) in [5.74, 6) is 1.67. The second kappa shape index (κ2) is 9.88. The molecule has 6 aromatic rings. The van der Waals surface area contributed by atoms with Crippen molar-refractivity contribution < 1.29 is 9.47 Å². The molecule has 0 aliphatic carbocycles. The van der Waals surface area contributed by atoms with Crippen LogP contribution in [0.5, 0.6) is 11.5 Å². The number of fused-ring (bicyclic) bond motifs is 7. The SMILES string of the molecule is COc1cccc(OC)c1-c1ccccc1P1Cc2ccc3ccccc3c2-c2c(ccc3ccccc23)C1. The molecule has 1 aliphatic heterocycles. The molecule has 0 unspecified atom stereocenters. The maximum atomic E-state index is 5.85. The van der Waals surface area contributed by atoms with Gasteiger partial charge in [0.15, 0.2) is 0 Å². The Kier molecular flexibility index (Phi) is 6.06. The minimum absolute atomic E-state index is 0.568. The highest BCUT2D eigenvalue weighted by Crippen LogP contribution is 2.54. The first kappa shape index (κ1) is 23.9. The highest BCUT2D eigenvalue weighted by molar-refractivity contribution is 7.64. The van der Waals surface area contributed by atoms with Crippen molar-refractivity contribution >= 4 is 34.8 Å². The van der Waals surface area contributed by atoms with Crippen LogP contribution >= 0.6 is 7.92 Å². The fraction of sp³-hybridized carbons (Fsp3) is 0.111. The van der Waals surface area contributed by atoms with Crippen LogP contribution in [-0.2, 0) is 12.3 Å². The second-order valence-corrected chi connectivity index (χ2v) is 12.2. The molecule has 0 atom stereocenters. The van der Waals surface area contributed by atoms with Crippen molar-refractivity contribution in [3.8, 4) is 33.8 Å². The van der Waals surface area contributed by atoms with Gasteiger partial charge >= 0.3 is 0 Å². The first-order chi connectivity index (χ1) is 19.3. The molecule has 39 heavy (non-hydrogen) atoms. The molecule has 0 amide bonds. The average Bonchev–Trinajstić information content (AvgIpc) is 3.18. The maximum absolute atomic E-state index is 5.85. The Morgan fingerprint density at radius 2 is 1.00 bits per heavy atom. The molecule has 7 rings (SSSR count). The van der Waals surface area contributed by atoms with Crippen LogP contribution in [-0.4, -0.2) is 14.2 Å². The number of methoxy groups -OCH3 is 2. The van der Waals surface area contributed by atoms with E-state index < -0.39 is 7.92 Å². The van der Waals surface area contributed by atoms with Crippen LogP contribution in [0, 0.1) is 0 Å². The van der Waals surface area contributed by atoms with Crippen LogP contribution in [0.4, 0.5) is 0 Å². The third-order valence-electron chi connectivity index (χ3n) is 7.94. The van der Waals surface area contributed by atoms with Crippen LogP contribution in [0.15, 0.2) is 115 Å². The van der Waals surface area contributed by atoms with Gasteiger partial charge in [-0.2, -0.15) is 0 Å². The predicted molar refractivity (Wildman–Crippen MR) is 166 cm³/mol. The molecule has 1 heterocycles. The smallest absolute Gasteiger partial charge is 0.130 e. The van der Waals surface area contributed by atoms with E-state index in [4.69, 9.17) is 9.47 Å². The molecular weight excluding hydrogens is 495 g/mol. The summed E-state index contributed by atoms with van der Waals surface area (Å²) in [5, 5.41) is 6.64. The van der Waals surface area contributed by atoms with Gasteiger partial charge in [0, 0.05) is 0 Å². The summed E-state index contributed by atoms with van der Waals surface area (Å²) >= 11 is 0. The molecule has 0 bridgehead atoms. The lowest BCUT2D eigenvalue weighted by atomic mass is 9.88. The third kappa shape index (κ3) is 3.99. The number of rotatable bonds is 4. The van der Waals surface area contributed by atoms with E-state index in [0.717, 1.165) is 29.4 Å². The normalized spacial score (nSPS) is 13.1. The van der Waals surface area contributed by atoms with Gasteiger partial charge in [0.05, 0.1) is 19.8 Å². The largest absolute Gasteiger partial charge is 0.496 e. The molecule has 3 heteroatoms. The van der Waals surface area contributed by atoms with E-state index in [1.165, 1.54) is 54.7 Å². The van der Waals surface area contributed by atoms with E-state index in [2.05, 4.69) is 97.1 Å². The van der Waals surface area contributed by atoms with Crippen LogP contribution < -0.4 is 14.8 Å². The summed E-state index contributed by atoms with van der Waals surface area (Å²) in [5.41, 5.74) is 7.88. The zero-order chi connectivity index (χ0) is 26.3. The van der Waals surface area contributed by atoms with E-state index in [-0.39, 0.29) is 0 Å². The second-order valence-electron chi connectivity index (χ2n) is 10.1. The maximum Gasteiger partial charge on any atom is 0.130 e. The van der Waals surface area contributed by atoms with Crippen molar-refractivity contribution in [1.82, 2.24) is 0 Å². The summed E-state index contributed by atoms with van der Waals surface area (Å²) in [6.45, 7) is 0. The number of hydrogen-bond acceptors (Lipinski definition) is 2. The Morgan fingerprint density at radius 1 is 0.487 bits per heavy atom. The van der Waals surface area contributed by atoms with Gasteiger partial charge in [-0.3, -0.25) is 0 Å². The van der Waals surface area contributed by atoms with Crippen molar-refractivity contribution in [3.63, 3.8) is 0 Å². The summed E-state index contributed by atoms with van der Waals surface area (Å²) in [7, 11) is 2.91. The highest BCUT2D eigenvalue weighted by Gasteiger charge is 2.28. The quantitative estimate of drug-likeness (QED) is 0.214. The van der Waals surface area contributed by atoms with E-state index >= 15 is 0 Å². The number of benzene rings is 6. The summed E-state index contributed by atoms with van der Waals surface area (Å²) < 4.78 is 11.7. The Morgan fingerprint density at radius 3 is 1.56 bits per heavy atom. The van der Waals surface area contributed by atoms with Crippen molar-refractivity contribution in [2.75, 3.05) is 14.2 Å². The molecule has 0 saturated heterocycles. The van der Waals surface area contributed by atoms with Gasteiger partial charge < -0.3 is 9.47 Å². The summed E-state index contributed by atoms with van der Waals surface area (Å²) in [6.07, 6.45) is 2.04. The lowest BCUT2D eigenvalue weighted by molar-refractivity contribution is 0.397. The third-order valence-corrected chi connectivity index (χ3v) is 10.5. The first-order valence-corrected chi connectivity index (χ1v) is 15.0. The number of ether oxygens (including phenoxy) is 2. The van der Waals surface area contributed by atoms with Gasteiger partial charge in [0.25, 0.3) is 0 Å². The van der Waals surface area contributed by atoms with Crippen molar-refractivity contribution in [1.29, 1.82) is 0 Å². The molecule has 0 spiro atoms. The van der Waals surface area contributed by atoms with Gasteiger partial charge in [-0.15, -0.1) is 0 Å². The molecule has 0 N–H and O–H groups in total. The molecule has 1 aliphatic rings. The zero-order valence-electron chi connectivity index (χ0n) is 22.1. The van der Waals surface area contributed by atoms with Gasteiger partial charge in [-0.05, 0) is 79.1 Å². The molecule has 0 fully saturated rings. The molecule has 6 aromatic carbocycles. The van der Waals surface area contributed by atoms with Crippen molar-refractivity contribution in [2.45, 2.75) is 12.3 Å². The van der Waals surface area contributed by atoms with Crippen LogP contribution in [0.3, 0.4) is 0 Å². The van der Waals surface area contributed by atoms with E-state index in [1.54, 1.807) is 14.2 Å². The summed E-state index contributed by atoms with van der Waals surface area (Å²) in [6, 6.07) is 41.9. The van der Waals surface area contributed by atoms with Crippen molar-refractivity contribution in [3.05, 3.63) is 126 Å². The lowest BCUT2D eigenvalue weighted by Crippen LogP contribution is -2.09. The topological polar surface area (TPSA) is 18.5 Å². The van der Waals surface area contributed by atoms with Gasteiger partial charge in [0.2, 0.25) is 0 Å². The van der Waals surface area contributed by atoms with E-state index in [9.17, 15) is 0 Å². The minimum atomic E-state index is -0.568. The Hall–Kier alpha value is -4.13. The minimum Gasteiger partial charge on any atom is -0.496 e. The molecule has 0 radical (unpaired) electrons. The van der Waals surface area contributed by atoms with Gasteiger partial charge in [-0.1, -0.05) is 111 Å². The Bertz CT molecular complexity index is 1750. The van der Waals surface area contributed by atoms with Gasteiger partial charge in [0.1, 0.15) is 11.5 Å². The fourth-order valence-electron chi connectivity index (χ4n) is 6.20. The molecule has 2 nitrogen and oxygen atoms in total. The van der Waals surface area contributed by atoms with E-state index in [0.29, 0.717) is 0 Å². The first-order valence-electron chi connectivity index (χ1n) is 13.3. The summed E-state index contributed by atoms with van der Waals surface area (Å²) in [4.78, 5) is 0. The highest BCUT2D eigenvalue weighted by atomic mass is 31.1. The standard InChI is InChI=1S/C36H29O2P/c1-37-31-15-9-16-32(38-2)36(31)30-14-7-8-17-33(30)39-22-26-20-18-24-10-3-5-12-28(24)34(26)35-27(23-39)21-19-25-11-4-6-13-29(25)35/h3-21H,22-23H2,1-2H3. The van der Waals surface area contributed by atoms with Crippen LogP contribution in [0.2, 0.25) is 0 Å². The Balaban J connectivity index is 1.50. The monoisotopic (exact) mass is 524 g/mol. The molecule has 0 saturated carbocycles. The Labute approximate surface area is 230 Å². The van der Waals surface area contributed by atoms with Gasteiger partial charge in [-0.25, -0.2) is 0 Å². The molecule has 0 aromatic heterocycles.